The van der Waals surface area contributed by atoms with Crippen LogP contribution in [0.4, 0.5) is 8.78 Å². The van der Waals surface area contributed by atoms with Gasteiger partial charge in [-0.25, -0.2) is 8.78 Å². The summed E-state index contributed by atoms with van der Waals surface area (Å²) in [6, 6.07) is 5.36. The van der Waals surface area contributed by atoms with Crippen LogP contribution >= 0.6 is 27.3 Å². The molecule has 0 saturated carbocycles. The summed E-state index contributed by atoms with van der Waals surface area (Å²) in [6.07, 6.45) is 0. The van der Waals surface area contributed by atoms with Crippen molar-refractivity contribution in [3.63, 3.8) is 0 Å². The molecular formula is C12H10BrF2NS. The zero-order chi connectivity index (χ0) is 12.6. The molecule has 0 aliphatic heterocycles. The van der Waals surface area contributed by atoms with Gasteiger partial charge in [0.1, 0.15) is 11.6 Å². The van der Waals surface area contributed by atoms with Crippen molar-refractivity contribution in [2.75, 3.05) is 0 Å². The molecule has 1 unspecified atom stereocenters. The minimum Gasteiger partial charge on any atom is -0.319 e. The van der Waals surface area contributed by atoms with Crippen molar-refractivity contribution in [3.8, 4) is 0 Å². The van der Waals surface area contributed by atoms with Gasteiger partial charge in [-0.15, -0.1) is 11.3 Å². The maximum Gasteiger partial charge on any atom is 0.132 e. The molecule has 17 heavy (non-hydrogen) atoms. The van der Waals surface area contributed by atoms with Crippen LogP contribution in [0, 0.1) is 18.6 Å². The van der Waals surface area contributed by atoms with Crippen molar-refractivity contribution >= 4 is 27.3 Å². The first kappa shape index (κ1) is 12.7. The van der Waals surface area contributed by atoms with E-state index in [1.54, 1.807) is 6.07 Å². The van der Waals surface area contributed by atoms with Gasteiger partial charge in [-0.3, -0.25) is 0 Å². The lowest BCUT2D eigenvalue weighted by atomic mass is 10.1. The Labute approximate surface area is 110 Å². The van der Waals surface area contributed by atoms with Crippen LogP contribution in [-0.2, 0) is 0 Å². The van der Waals surface area contributed by atoms with Crippen LogP contribution in [0.25, 0.3) is 0 Å². The molecular weight excluding hydrogens is 308 g/mol. The van der Waals surface area contributed by atoms with Gasteiger partial charge in [-0.05, 0) is 31.2 Å². The van der Waals surface area contributed by atoms with Crippen molar-refractivity contribution in [2.45, 2.75) is 13.0 Å². The van der Waals surface area contributed by atoms with Crippen molar-refractivity contribution in [3.05, 3.63) is 55.7 Å². The number of thiophene rings is 1. The number of aryl methyl sites for hydroxylation is 1. The fourth-order valence-electron chi connectivity index (χ4n) is 1.61. The smallest absolute Gasteiger partial charge is 0.132 e. The molecule has 0 spiro atoms. The van der Waals surface area contributed by atoms with Crippen LogP contribution < -0.4 is 5.73 Å². The molecule has 0 aliphatic rings. The lowest BCUT2D eigenvalue weighted by Crippen LogP contribution is -2.14. The maximum atomic E-state index is 13.7. The summed E-state index contributed by atoms with van der Waals surface area (Å²) in [5, 5.41) is 0. The van der Waals surface area contributed by atoms with Crippen LogP contribution in [0.2, 0.25) is 0 Å². The van der Waals surface area contributed by atoms with E-state index in [-0.39, 0.29) is 5.56 Å². The Morgan fingerprint density at radius 3 is 2.29 bits per heavy atom. The minimum atomic E-state index is -0.762. The van der Waals surface area contributed by atoms with E-state index >= 15 is 0 Å². The predicted octanol–water partition coefficient (Wildman–Crippen LogP) is 4.15. The Kier molecular flexibility index (Phi) is 3.61. The van der Waals surface area contributed by atoms with Gasteiger partial charge >= 0.3 is 0 Å². The van der Waals surface area contributed by atoms with Crippen LogP contribution in [0.15, 0.2) is 28.7 Å². The fraction of sp³-hybridized carbons (Fsp3) is 0.167. The lowest BCUT2D eigenvalue weighted by molar-refractivity contribution is 0.543. The second kappa shape index (κ2) is 4.84. The summed E-state index contributed by atoms with van der Waals surface area (Å²) in [6.45, 7) is 1.93. The normalized spacial score (nSPS) is 12.8. The van der Waals surface area contributed by atoms with E-state index in [0.29, 0.717) is 4.47 Å². The first-order chi connectivity index (χ1) is 7.99. The molecule has 1 atom stereocenters. The molecule has 1 heterocycles. The van der Waals surface area contributed by atoms with E-state index < -0.39 is 17.7 Å². The van der Waals surface area contributed by atoms with E-state index in [0.717, 1.165) is 9.75 Å². The molecule has 0 radical (unpaired) electrons. The summed E-state index contributed by atoms with van der Waals surface area (Å²) >= 11 is 4.48. The Morgan fingerprint density at radius 2 is 1.82 bits per heavy atom. The topological polar surface area (TPSA) is 26.0 Å². The fourth-order valence-corrected chi connectivity index (χ4v) is 2.90. The summed E-state index contributed by atoms with van der Waals surface area (Å²) in [4.78, 5) is 1.82. The van der Waals surface area contributed by atoms with Gasteiger partial charge in [-0.1, -0.05) is 15.9 Å². The van der Waals surface area contributed by atoms with Gasteiger partial charge in [0.25, 0.3) is 0 Å². The van der Waals surface area contributed by atoms with Crippen molar-refractivity contribution in [2.24, 2.45) is 5.73 Å². The summed E-state index contributed by atoms with van der Waals surface area (Å²) in [7, 11) is 0. The van der Waals surface area contributed by atoms with Crippen LogP contribution in [0.3, 0.4) is 0 Å². The monoisotopic (exact) mass is 317 g/mol. The first-order valence-corrected chi connectivity index (χ1v) is 6.56. The van der Waals surface area contributed by atoms with Gasteiger partial charge in [0.15, 0.2) is 0 Å². The maximum absolute atomic E-state index is 13.7. The number of hydrogen-bond donors (Lipinski definition) is 1. The van der Waals surface area contributed by atoms with E-state index in [1.165, 1.54) is 23.5 Å². The van der Waals surface area contributed by atoms with Crippen LogP contribution in [0.5, 0.6) is 0 Å². The molecule has 2 N–H and O–H groups in total. The molecule has 0 fully saturated rings. The summed E-state index contributed by atoms with van der Waals surface area (Å²) in [5.41, 5.74) is 5.81. The van der Waals surface area contributed by atoms with E-state index in [4.69, 9.17) is 5.73 Å². The molecule has 0 saturated heterocycles. The third-order valence-corrected chi connectivity index (χ3v) is 3.96. The highest BCUT2D eigenvalue weighted by molar-refractivity contribution is 9.10. The molecule has 90 valence electrons. The average molecular weight is 318 g/mol. The van der Waals surface area contributed by atoms with Gasteiger partial charge in [0.2, 0.25) is 0 Å². The van der Waals surface area contributed by atoms with Crippen LogP contribution in [-0.4, -0.2) is 0 Å². The molecule has 0 aliphatic carbocycles. The van der Waals surface area contributed by atoms with E-state index in [1.807, 2.05) is 13.0 Å². The first-order valence-electron chi connectivity index (χ1n) is 4.95. The van der Waals surface area contributed by atoms with Gasteiger partial charge in [-0.2, -0.15) is 0 Å². The number of benzene rings is 1. The average Bonchev–Trinajstić information content (AvgIpc) is 2.63. The third kappa shape index (κ3) is 2.56. The largest absolute Gasteiger partial charge is 0.319 e. The highest BCUT2D eigenvalue weighted by Crippen LogP contribution is 2.31. The van der Waals surface area contributed by atoms with Gasteiger partial charge in [0.05, 0.1) is 6.04 Å². The lowest BCUT2D eigenvalue weighted by Gasteiger charge is -2.12. The van der Waals surface area contributed by atoms with E-state index in [2.05, 4.69) is 15.9 Å². The zero-order valence-electron chi connectivity index (χ0n) is 9.01. The SMILES string of the molecule is Cc1ccc(C(N)c2c(F)cc(Br)cc2F)s1. The highest BCUT2D eigenvalue weighted by atomic mass is 79.9. The number of nitrogens with two attached hydrogens (primary N) is 1. The molecule has 0 amide bonds. The predicted molar refractivity (Wildman–Crippen MR) is 69.1 cm³/mol. The Bertz CT molecular complexity index is 530. The summed E-state index contributed by atoms with van der Waals surface area (Å²) in [5.74, 6) is -1.26. The molecule has 1 aromatic carbocycles. The molecule has 1 aromatic heterocycles. The third-order valence-electron chi connectivity index (χ3n) is 2.42. The molecule has 2 rings (SSSR count). The van der Waals surface area contributed by atoms with Crippen LogP contribution in [0.1, 0.15) is 21.4 Å². The Morgan fingerprint density at radius 1 is 1.24 bits per heavy atom. The summed E-state index contributed by atoms with van der Waals surface area (Å²) < 4.78 is 27.8. The molecule has 0 bridgehead atoms. The minimum absolute atomic E-state index is 0.0879. The number of halogens is 3. The standard InChI is InChI=1S/C12H10BrF2NS/c1-6-2-3-10(17-6)12(16)11-8(14)4-7(13)5-9(11)15/h2-5,12H,16H2,1H3. The number of hydrogen-bond acceptors (Lipinski definition) is 2. The van der Waals surface area contributed by atoms with E-state index in [9.17, 15) is 8.78 Å². The highest BCUT2D eigenvalue weighted by Gasteiger charge is 2.20. The van der Waals surface area contributed by atoms with Crippen molar-refractivity contribution < 1.29 is 8.78 Å². The second-order valence-electron chi connectivity index (χ2n) is 3.71. The van der Waals surface area contributed by atoms with Crippen molar-refractivity contribution in [1.82, 2.24) is 0 Å². The quantitative estimate of drug-likeness (QED) is 0.884. The molecule has 5 heteroatoms. The Hall–Kier alpha value is -0.780. The zero-order valence-corrected chi connectivity index (χ0v) is 11.4. The van der Waals surface area contributed by atoms with Gasteiger partial charge < -0.3 is 5.73 Å². The van der Waals surface area contributed by atoms with Crippen molar-refractivity contribution in [1.29, 1.82) is 0 Å². The second-order valence-corrected chi connectivity index (χ2v) is 5.94. The number of rotatable bonds is 2. The Balaban J connectivity index is 2.47. The van der Waals surface area contributed by atoms with Gasteiger partial charge in [0, 0.05) is 19.8 Å². The molecule has 2 aromatic rings. The molecule has 1 nitrogen and oxygen atoms in total.